The minimum Gasteiger partial charge on any atom is -0.342 e. The molecule has 0 radical (unpaired) electrons. The second-order valence-corrected chi connectivity index (χ2v) is 6.88. The van der Waals surface area contributed by atoms with Crippen molar-refractivity contribution in [2.24, 2.45) is 11.8 Å². The molecule has 1 saturated carbocycles. The summed E-state index contributed by atoms with van der Waals surface area (Å²) in [5, 5.41) is 4.41. The maximum absolute atomic E-state index is 12.1. The third kappa shape index (κ3) is 3.78. The number of carbonyl (C=O) groups is 1. The van der Waals surface area contributed by atoms with Crippen LogP contribution in [0.25, 0.3) is 0 Å². The molecule has 0 bridgehead atoms. The van der Waals surface area contributed by atoms with E-state index in [2.05, 4.69) is 23.2 Å². The van der Waals surface area contributed by atoms with Crippen LogP contribution in [0.15, 0.2) is 24.3 Å². The largest absolute Gasteiger partial charge is 0.342 e. The van der Waals surface area contributed by atoms with Gasteiger partial charge in [0.2, 0.25) is 5.91 Å². The van der Waals surface area contributed by atoms with E-state index in [1.165, 1.54) is 5.56 Å². The normalized spacial score (nSPS) is 25.9. The van der Waals surface area contributed by atoms with Crippen LogP contribution in [0.5, 0.6) is 0 Å². The first-order chi connectivity index (χ1) is 10.1. The molecule has 3 nitrogen and oxygen atoms in total. The molecule has 2 fully saturated rings. The number of hydrogen-bond donors (Lipinski definition) is 1. The zero-order valence-electron chi connectivity index (χ0n) is 12.5. The third-order valence-electron chi connectivity index (χ3n) is 4.60. The second-order valence-electron chi connectivity index (χ2n) is 6.44. The zero-order chi connectivity index (χ0) is 14.8. The summed E-state index contributed by atoms with van der Waals surface area (Å²) in [4.78, 5) is 14.2. The van der Waals surface area contributed by atoms with Crippen LogP contribution in [0.1, 0.15) is 31.7 Å². The van der Waals surface area contributed by atoms with Crippen LogP contribution in [-0.4, -0.2) is 29.9 Å². The Bertz CT molecular complexity index is 515. The molecule has 4 heteroatoms. The lowest BCUT2D eigenvalue weighted by molar-refractivity contribution is -0.134. The summed E-state index contributed by atoms with van der Waals surface area (Å²) in [5.41, 5.74) is 1.21. The second kappa shape index (κ2) is 6.37. The van der Waals surface area contributed by atoms with Gasteiger partial charge in [-0.2, -0.15) is 0 Å². The molecule has 1 aliphatic heterocycles. The Hall–Kier alpha value is -1.06. The molecule has 2 atom stereocenters. The summed E-state index contributed by atoms with van der Waals surface area (Å²) in [6, 6.07) is 8.46. The average molecular weight is 307 g/mol. The molecule has 1 amide bonds. The summed E-state index contributed by atoms with van der Waals surface area (Å²) in [5.74, 6) is 1.23. The van der Waals surface area contributed by atoms with Crippen LogP contribution in [0.4, 0.5) is 0 Å². The number of hydrogen-bond acceptors (Lipinski definition) is 2. The van der Waals surface area contributed by atoms with Crippen molar-refractivity contribution in [3.63, 3.8) is 0 Å². The number of carbonyl (C=O) groups excluding carboxylic acids is 1. The van der Waals surface area contributed by atoms with E-state index in [0.717, 1.165) is 43.9 Å². The first-order valence-electron chi connectivity index (χ1n) is 7.90. The molecule has 1 N–H and O–H groups in total. The van der Waals surface area contributed by atoms with Crippen LogP contribution < -0.4 is 5.32 Å². The molecule has 1 aliphatic carbocycles. The van der Waals surface area contributed by atoms with Gasteiger partial charge in [0.05, 0.1) is 0 Å². The average Bonchev–Trinajstić information content (AvgIpc) is 3.30. The Labute approximate surface area is 131 Å². The van der Waals surface area contributed by atoms with E-state index in [9.17, 15) is 4.79 Å². The fraction of sp³-hybridized carbons (Fsp3) is 0.588. The summed E-state index contributed by atoms with van der Waals surface area (Å²) < 4.78 is 0. The van der Waals surface area contributed by atoms with Crippen molar-refractivity contribution in [1.82, 2.24) is 10.2 Å². The molecule has 1 aromatic rings. The Morgan fingerprint density at radius 1 is 1.38 bits per heavy atom. The Morgan fingerprint density at radius 3 is 2.86 bits per heavy atom. The van der Waals surface area contributed by atoms with E-state index in [-0.39, 0.29) is 0 Å². The summed E-state index contributed by atoms with van der Waals surface area (Å²) >= 11 is 6.01. The number of amides is 1. The molecule has 0 spiro atoms. The van der Waals surface area contributed by atoms with Crippen molar-refractivity contribution >= 4 is 17.5 Å². The molecule has 1 saturated heterocycles. The fourth-order valence-electron chi connectivity index (χ4n) is 3.13. The molecule has 0 aromatic heterocycles. The zero-order valence-corrected chi connectivity index (χ0v) is 13.3. The van der Waals surface area contributed by atoms with Crippen molar-refractivity contribution in [3.8, 4) is 0 Å². The van der Waals surface area contributed by atoms with Crippen molar-refractivity contribution < 1.29 is 4.79 Å². The predicted molar refractivity (Wildman–Crippen MR) is 85.2 cm³/mol. The topological polar surface area (TPSA) is 32.3 Å². The van der Waals surface area contributed by atoms with Crippen molar-refractivity contribution in [2.45, 2.75) is 38.8 Å². The van der Waals surface area contributed by atoms with Crippen LogP contribution in [0.3, 0.4) is 0 Å². The van der Waals surface area contributed by atoms with Gasteiger partial charge in [-0.05, 0) is 42.9 Å². The highest BCUT2D eigenvalue weighted by atomic mass is 35.5. The first kappa shape index (κ1) is 14.9. The number of halogens is 1. The summed E-state index contributed by atoms with van der Waals surface area (Å²) in [7, 11) is 0. The smallest absolute Gasteiger partial charge is 0.225 e. The minimum absolute atomic E-state index is 0.341. The van der Waals surface area contributed by atoms with Crippen molar-refractivity contribution in [2.75, 3.05) is 13.1 Å². The number of likely N-dealkylation sites (tertiary alicyclic amines) is 1. The van der Waals surface area contributed by atoms with Gasteiger partial charge in [-0.1, -0.05) is 30.7 Å². The highest BCUT2D eigenvalue weighted by molar-refractivity contribution is 6.30. The Morgan fingerprint density at radius 2 is 2.19 bits per heavy atom. The standard InChI is InChI=1S/C17H23ClN2O/c1-12-11-20(17(21)14-5-6-14)8-7-16(12)19-10-13-3-2-4-15(18)9-13/h2-4,9,12,14,16,19H,5-8,10-11H2,1H3/t12-,16+/m1/s1. The van der Waals surface area contributed by atoms with Gasteiger partial charge in [0, 0.05) is 36.6 Å². The number of rotatable bonds is 4. The van der Waals surface area contributed by atoms with Gasteiger partial charge in [-0.15, -0.1) is 0 Å². The van der Waals surface area contributed by atoms with E-state index in [1.54, 1.807) is 0 Å². The van der Waals surface area contributed by atoms with E-state index in [0.29, 0.717) is 23.8 Å². The molecule has 2 aliphatic rings. The summed E-state index contributed by atoms with van der Waals surface area (Å²) in [6.45, 7) is 4.86. The Kier molecular flexibility index (Phi) is 4.51. The van der Waals surface area contributed by atoms with E-state index in [1.807, 2.05) is 18.2 Å². The van der Waals surface area contributed by atoms with Crippen LogP contribution in [0.2, 0.25) is 5.02 Å². The molecule has 0 unspecified atom stereocenters. The van der Waals surface area contributed by atoms with E-state index >= 15 is 0 Å². The summed E-state index contributed by atoms with van der Waals surface area (Å²) in [6.07, 6.45) is 3.24. The number of nitrogens with one attached hydrogen (secondary N) is 1. The Balaban J connectivity index is 1.50. The van der Waals surface area contributed by atoms with Gasteiger partial charge < -0.3 is 10.2 Å². The van der Waals surface area contributed by atoms with Gasteiger partial charge in [-0.3, -0.25) is 4.79 Å². The monoisotopic (exact) mass is 306 g/mol. The van der Waals surface area contributed by atoms with Gasteiger partial charge in [-0.25, -0.2) is 0 Å². The van der Waals surface area contributed by atoms with Crippen LogP contribution in [0, 0.1) is 11.8 Å². The molecule has 21 heavy (non-hydrogen) atoms. The molecule has 114 valence electrons. The SMILES string of the molecule is C[C@@H]1CN(C(=O)C2CC2)CC[C@@H]1NCc1cccc(Cl)c1. The van der Waals surface area contributed by atoms with E-state index in [4.69, 9.17) is 11.6 Å². The fourth-order valence-corrected chi connectivity index (χ4v) is 3.35. The lowest BCUT2D eigenvalue weighted by atomic mass is 9.93. The number of benzene rings is 1. The minimum atomic E-state index is 0.341. The third-order valence-corrected chi connectivity index (χ3v) is 4.84. The molecule has 3 rings (SSSR count). The van der Waals surface area contributed by atoms with Crippen LogP contribution in [-0.2, 0) is 11.3 Å². The first-order valence-corrected chi connectivity index (χ1v) is 8.28. The lowest BCUT2D eigenvalue weighted by Gasteiger charge is -2.37. The highest BCUT2D eigenvalue weighted by Crippen LogP contribution is 2.32. The maximum Gasteiger partial charge on any atom is 0.225 e. The molecular weight excluding hydrogens is 284 g/mol. The molecular formula is C17H23ClN2O. The van der Waals surface area contributed by atoms with Gasteiger partial charge >= 0.3 is 0 Å². The number of piperidine rings is 1. The lowest BCUT2D eigenvalue weighted by Crippen LogP contribution is -2.50. The highest BCUT2D eigenvalue weighted by Gasteiger charge is 2.36. The van der Waals surface area contributed by atoms with Crippen molar-refractivity contribution in [1.29, 1.82) is 0 Å². The van der Waals surface area contributed by atoms with E-state index < -0.39 is 0 Å². The predicted octanol–water partition coefficient (Wildman–Crippen LogP) is 3.08. The molecule has 1 heterocycles. The molecule has 1 aromatic carbocycles. The quantitative estimate of drug-likeness (QED) is 0.927. The number of nitrogens with zero attached hydrogens (tertiary/aromatic N) is 1. The van der Waals surface area contributed by atoms with Crippen LogP contribution >= 0.6 is 11.6 Å². The van der Waals surface area contributed by atoms with Gasteiger partial charge in [0.1, 0.15) is 0 Å². The van der Waals surface area contributed by atoms with Crippen molar-refractivity contribution in [3.05, 3.63) is 34.9 Å². The van der Waals surface area contributed by atoms with Gasteiger partial charge in [0.25, 0.3) is 0 Å². The maximum atomic E-state index is 12.1. The van der Waals surface area contributed by atoms with Gasteiger partial charge in [0.15, 0.2) is 0 Å².